The molecule has 1 amide bonds. The number of rotatable bonds is 6. The normalized spacial score (nSPS) is 13.4. The molecule has 0 aliphatic rings. The van der Waals surface area contributed by atoms with Crippen LogP contribution in [0, 0.1) is 5.92 Å². The lowest BCUT2D eigenvalue weighted by Gasteiger charge is -2.19. The molecular formula is C15H18N4O3. The van der Waals surface area contributed by atoms with Crippen molar-refractivity contribution in [3.05, 3.63) is 42.4 Å². The first kappa shape index (κ1) is 15.7. The number of carbonyl (C=O) groups excluding carboxylic acids is 1. The van der Waals surface area contributed by atoms with Crippen molar-refractivity contribution in [3.8, 4) is 5.82 Å². The van der Waals surface area contributed by atoms with E-state index in [9.17, 15) is 14.7 Å². The van der Waals surface area contributed by atoms with E-state index in [-0.39, 0.29) is 11.6 Å². The van der Waals surface area contributed by atoms with Crippen LogP contribution in [0.2, 0.25) is 0 Å². The van der Waals surface area contributed by atoms with Gasteiger partial charge in [0, 0.05) is 12.4 Å². The smallest absolute Gasteiger partial charge is 0.326 e. The Morgan fingerprint density at radius 1 is 1.36 bits per heavy atom. The quantitative estimate of drug-likeness (QED) is 0.842. The van der Waals surface area contributed by atoms with Crippen molar-refractivity contribution in [3.63, 3.8) is 0 Å². The average molecular weight is 302 g/mol. The van der Waals surface area contributed by atoms with Gasteiger partial charge < -0.3 is 10.4 Å². The predicted octanol–water partition coefficient (Wildman–Crippen LogP) is 1.50. The Morgan fingerprint density at radius 3 is 2.73 bits per heavy atom. The second-order valence-corrected chi connectivity index (χ2v) is 5.01. The van der Waals surface area contributed by atoms with Crippen LogP contribution in [0.4, 0.5) is 0 Å². The number of nitrogens with one attached hydrogen (secondary N) is 1. The first-order valence-corrected chi connectivity index (χ1v) is 7.03. The Balaban J connectivity index is 2.19. The molecule has 22 heavy (non-hydrogen) atoms. The maximum absolute atomic E-state index is 12.2. The number of hydrogen-bond donors (Lipinski definition) is 2. The molecule has 0 aliphatic carbocycles. The third-order valence-corrected chi connectivity index (χ3v) is 3.47. The summed E-state index contributed by atoms with van der Waals surface area (Å²) < 4.78 is 1.53. The molecule has 2 rings (SSSR count). The molecule has 2 heterocycles. The number of carbonyl (C=O) groups is 2. The van der Waals surface area contributed by atoms with Gasteiger partial charge in [-0.05, 0) is 24.1 Å². The van der Waals surface area contributed by atoms with Gasteiger partial charge in [-0.2, -0.15) is 5.10 Å². The fraction of sp³-hybridized carbons (Fsp3) is 0.333. The van der Waals surface area contributed by atoms with E-state index in [1.807, 2.05) is 6.92 Å². The number of nitrogens with zero attached hydrogens (tertiary/aromatic N) is 3. The second-order valence-electron chi connectivity index (χ2n) is 5.01. The molecule has 2 aromatic heterocycles. The highest BCUT2D eigenvalue weighted by Crippen LogP contribution is 2.10. The lowest BCUT2D eigenvalue weighted by Crippen LogP contribution is -2.45. The number of carboxylic acids is 1. The first-order valence-electron chi connectivity index (χ1n) is 7.03. The fourth-order valence-electron chi connectivity index (χ4n) is 1.98. The lowest BCUT2D eigenvalue weighted by molar-refractivity contribution is -0.140. The maximum Gasteiger partial charge on any atom is 0.326 e. The van der Waals surface area contributed by atoms with Gasteiger partial charge in [0.15, 0.2) is 5.82 Å². The van der Waals surface area contributed by atoms with Crippen LogP contribution in [0.5, 0.6) is 0 Å². The summed E-state index contributed by atoms with van der Waals surface area (Å²) in [6.07, 6.45) is 3.97. The predicted molar refractivity (Wildman–Crippen MR) is 79.7 cm³/mol. The van der Waals surface area contributed by atoms with Crippen molar-refractivity contribution in [2.45, 2.75) is 26.3 Å². The third kappa shape index (κ3) is 3.49. The van der Waals surface area contributed by atoms with Crippen LogP contribution in [0.25, 0.3) is 5.82 Å². The Hall–Kier alpha value is -2.70. The molecule has 0 aliphatic heterocycles. The molecule has 7 heteroatoms. The number of carboxylic acid groups (broad SMARTS) is 1. The van der Waals surface area contributed by atoms with E-state index in [1.165, 1.54) is 10.7 Å². The average Bonchev–Trinajstić information content (AvgIpc) is 3.06. The maximum atomic E-state index is 12.2. The van der Waals surface area contributed by atoms with Gasteiger partial charge in [0.1, 0.15) is 11.7 Å². The lowest BCUT2D eigenvalue weighted by atomic mass is 9.99. The zero-order valence-corrected chi connectivity index (χ0v) is 12.4. The summed E-state index contributed by atoms with van der Waals surface area (Å²) >= 11 is 0. The van der Waals surface area contributed by atoms with E-state index in [0.29, 0.717) is 12.2 Å². The van der Waals surface area contributed by atoms with Crippen molar-refractivity contribution in [2.75, 3.05) is 0 Å². The molecular weight excluding hydrogens is 284 g/mol. The molecule has 116 valence electrons. The van der Waals surface area contributed by atoms with Crippen LogP contribution >= 0.6 is 0 Å². The minimum absolute atomic E-state index is 0.155. The third-order valence-electron chi connectivity index (χ3n) is 3.47. The van der Waals surface area contributed by atoms with E-state index in [1.54, 1.807) is 37.5 Å². The van der Waals surface area contributed by atoms with E-state index in [2.05, 4.69) is 15.4 Å². The van der Waals surface area contributed by atoms with Crippen molar-refractivity contribution < 1.29 is 14.7 Å². The van der Waals surface area contributed by atoms with Gasteiger partial charge in [-0.1, -0.05) is 26.3 Å². The number of hydrogen-bond acceptors (Lipinski definition) is 4. The van der Waals surface area contributed by atoms with Gasteiger partial charge in [0.25, 0.3) is 5.91 Å². The Kier molecular flexibility index (Phi) is 4.88. The molecule has 2 atom stereocenters. The minimum atomic E-state index is -1.05. The SMILES string of the molecule is CCC(C)C(NC(=O)c1cccc(-n2cccn2)n1)C(=O)O. The summed E-state index contributed by atoms with van der Waals surface area (Å²) in [6.45, 7) is 3.66. The highest BCUT2D eigenvalue weighted by molar-refractivity contribution is 5.95. The largest absolute Gasteiger partial charge is 0.480 e. The Morgan fingerprint density at radius 2 is 2.14 bits per heavy atom. The monoisotopic (exact) mass is 302 g/mol. The fourth-order valence-corrected chi connectivity index (χ4v) is 1.98. The molecule has 0 bridgehead atoms. The molecule has 0 saturated heterocycles. The summed E-state index contributed by atoms with van der Waals surface area (Å²) in [5.74, 6) is -1.24. The second kappa shape index (κ2) is 6.84. The molecule has 2 aromatic rings. The zero-order valence-electron chi connectivity index (χ0n) is 12.4. The van der Waals surface area contributed by atoms with Gasteiger partial charge in [-0.25, -0.2) is 14.5 Å². The Labute approximate surface area is 128 Å². The van der Waals surface area contributed by atoms with Crippen molar-refractivity contribution in [2.24, 2.45) is 5.92 Å². The van der Waals surface area contributed by atoms with Gasteiger partial charge in [0.05, 0.1) is 0 Å². The van der Waals surface area contributed by atoms with Crippen LogP contribution in [0.3, 0.4) is 0 Å². The number of aliphatic carboxylic acids is 1. The zero-order chi connectivity index (χ0) is 16.1. The summed E-state index contributed by atoms with van der Waals surface area (Å²) in [5.41, 5.74) is 0.155. The summed E-state index contributed by atoms with van der Waals surface area (Å²) in [4.78, 5) is 27.7. The van der Waals surface area contributed by atoms with Crippen molar-refractivity contribution in [1.29, 1.82) is 0 Å². The van der Waals surface area contributed by atoms with Crippen LogP contribution in [-0.2, 0) is 4.79 Å². The molecule has 0 saturated carbocycles. The summed E-state index contributed by atoms with van der Waals surface area (Å²) in [6, 6.07) is 5.74. The molecule has 0 aromatic carbocycles. The van der Waals surface area contributed by atoms with E-state index < -0.39 is 17.9 Å². The first-order chi connectivity index (χ1) is 10.5. The Bertz CT molecular complexity index is 655. The molecule has 0 spiro atoms. The van der Waals surface area contributed by atoms with Gasteiger partial charge in [-0.15, -0.1) is 0 Å². The molecule has 0 radical (unpaired) electrons. The van der Waals surface area contributed by atoms with Gasteiger partial charge in [0.2, 0.25) is 0 Å². The molecule has 2 unspecified atom stereocenters. The minimum Gasteiger partial charge on any atom is -0.480 e. The van der Waals surface area contributed by atoms with Crippen LogP contribution < -0.4 is 5.32 Å². The van der Waals surface area contributed by atoms with E-state index in [4.69, 9.17) is 0 Å². The highest BCUT2D eigenvalue weighted by Gasteiger charge is 2.26. The van der Waals surface area contributed by atoms with Crippen molar-refractivity contribution in [1.82, 2.24) is 20.1 Å². The van der Waals surface area contributed by atoms with Gasteiger partial charge in [-0.3, -0.25) is 4.79 Å². The molecule has 2 N–H and O–H groups in total. The molecule has 7 nitrogen and oxygen atoms in total. The summed E-state index contributed by atoms with van der Waals surface area (Å²) in [5, 5.41) is 15.8. The number of amides is 1. The van der Waals surface area contributed by atoms with E-state index >= 15 is 0 Å². The topological polar surface area (TPSA) is 97.1 Å². The van der Waals surface area contributed by atoms with Gasteiger partial charge >= 0.3 is 5.97 Å². The van der Waals surface area contributed by atoms with Crippen molar-refractivity contribution >= 4 is 11.9 Å². The van der Waals surface area contributed by atoms with Crippen LogP contribution in [-0.4, -0.2) is 37.8 Å². The van der Waals surface area contributed by atoms with E-state index in [0.717, 1.165) is 0 Å². The number of pyridine rings is 1. The van der Waals surface area contributed by atoms with Crippen LogP contribution in [0.15, 0.2) is 36.7 Å². The number of aromatic nitrogens is 3. The van der Waals surface area contributed by atoms with Crippen LogP contribution in [0.1, 0.15) is 30.8 Å². The highest BCUT2D eigenvalue weighted by atomic mass is 16.4. The molecule has 0 fully saturated rings. The summed E-state index contributed by atoms with van der Waals surface area (Å²) in [7, 11) is 0. The standard InChI is InChI=1S/C15H18N4O3/c1-3-10(2)13(15(21)22)18-14(20)11-6-4-7-12(17-11)19-9-5-8-16-19/h4-10,13H,3H2,1-2H3,(H,18,20)(H,21,22).